The first-order valence-corrected chi connectivity index (χ1v) is 6.19. The fourth-order valence-corrected chi connectivity index (χ4v) is 2.18. The summed E-state index contributed by atoms with van der Waals surface area (Å²) >= 11 is 0. The van der Waals surface area contributed by atoms with E-state index in [0.29, 0.717) is 18.2 Å². The van der Waals surface area contributed by atoms with E-state index >= 15 is 0 Å². The van der Waals surface area contributed by atoms with Gasteiger partial charge in [0.15, 0.2) is 12.7 Å². The third-order valence-electron chi connectivity index (χ3n) is 3.15. The first-order valence-electron chi connectivity index (χ1n) is 6.19. The van der Waals surface area contributed by atoms with Gasteiger partial charge in [0.05, 0.1) is 5.56 Å². The van der Waals surface area contributed by atoms with Gasteiger partial charge in [-0.2, -0.15) is 4.57 Å². The Balaban J connectivity index is 0.00000147. The van der Waals surface area contributed by atoms with Gasteiger partial charge in [0.2, 0.25) is 5.52 Å². The monoisotopic (exact) mass is 287 g/mol. The Hall–Kier alpha value is -2.20. The lowest BCUT2D eigenvalue weighted by atomic mass is 10.2. The Kier molecular flexibility index (Phi) is 4.15. The molecule has 2 heterocycles. The number of nitrogen functional groups attached to an aromatic ring is 1. The standard InChI is InChI=1S/C15H15N4.ClH/c1-11-17-9-13(15(16)18-11)10-19-8-4-6-12-5-2-3-7-14(12)19;/h2-9H,10H2,1H3,(H2,16,17,18);1H/q+1;. The topological polar surface area (TPSA) is 55.7 Å². The number of hydrogen-bond acceptors (Lipinski definition) is 3. The van der Waals surface area contributed by atoms with Gasteiger partial charge >= 0.3 is 0 Å². The molecule has 0 saturated carbocycles. The van der Waals surface area contributed by atoms with Crippen molar-refractivity contribution in [3.05, 3.63) is 60.2 Å². The third-order valence-corrected chi connectivity index (χ3v) is 3.15. The molecule has 3 aromatic rings. The number of nitrogens with zero attached hydrogens (tertiary/aromatic N) is 3. The van der Waals surface area contributed by atoms with E-state index < -0.39 is 0 Å². The number of anilines is 1. The minimum absolute atomic E-state index is 0. The van der Waals surface area contributed by atoms with Gasteiger partial charge in [-0.05, 0) is 19.1 Å². The van der Waals surface area contributed by atoms with Crippen LogP contribution in [0.15, 0.2) is 48.8 Å². The van der Waals surface area contributed by atoms with Gasteiger partial charge in [-0.15, -0.1) is 12.4 Å². The summed E-state index contributed by atoms with van der Waals surface area (Å²) in [6.45, 7) is 2.51. The first-order chi connectivity index (χ1) is 9.24. The summed E-state index contributed by atoms with van der Waals surface area (Å²) in [7, 11) is 0. The number of rotatable bonds is 2. The number of aromatic nitrogens is 3. The lowest BCUT2D eigenvalue weighted by Crippen LogP contribution is -2.35. The zero-order chi connectivity index (χ0) is 13.2. The number of para-hydroxylation sites is 1. The van der Waals surface area contributed by atoms with Crippen LogP contribution in [0.1, 0.15) is 11.4 Å². The molecule has 0 radical (unpaired) electrons. The van der Waals surface area contributed by atoms with Gasteiger partial charge in [0, 0.05) is 23.7 Å². The van der Waals surface area contributed by atoms with Crippen LogP contribution in [0.2, 0.25) is 0 Å². The van der Waals surface area contributed by atoms with Gasteiger partial charge in [-0.1, -0.05) is 12.1 Å². The van der Waals surface area contributed by atoms with Crippen molar-refractivity contribution in [2.45, 2.75) is 13.5 Å². The summed E-state index contributed by atoms with van der Waals surface area (Å²) in [6.07, 6.45) is 3.84. The van der Waals surface area contributed by atoms with Crippen molar-refractivity contribution < 1.29 is 4.57 Å². The molecule has 0 spiro atoms. The minimum Gasteiger partial charge on any atom is -0.383 e. The maximum atomic E-state index is 5.95. The van der Waals surface area contributed by atoms with Crippen LogP contribution in [0.3, 0.4) is 0 Å². The molecule has 0 unspecified atom stereocenters. The second-order valence-electron chi connectivity index (χ2n) is 4.52. The lowest BCUT2D eigenvalue weighted by Gasteiger charge is -2.04. The summed E-state index contributed by atoms with van der Waals surface area (Å²) < 4.78 is 2.15. The number of halogens is 1. The van der Waals surface area contributed by atoms with Crippen LogP contribution in [0.5, 0.6) is 0 Å². The zero-order valence-electron chi connectivity index (χ0n) is 11.2. The van der Waals surface area contributed by atoms with Crippen molar-refractivity contribution in [1.29, 1.82) is 0 Å². The number of benzene rings is 1. The molecule has 3 rings (SSSR count). The molecule has 0 bridgehead atoms. The van der Waals surface area contributed by atoms with Gasteiger partial charge in [0.1, 0.15) is 11.6 Å². The number of pyridine rings is 1. The third kappa shape index (κ3) is 2.70. The maximum absolute atomic E-state index is 5.95. The highest BCUT2D eigenvalue weighted by Gasteiger charge is 2.11. The molecule has 0 saturated heterocycles. The van der Waals surface area contributed by atoms with E-state index in [-0.39, 0.29) is 12.4 Å². The Labute approximate surface area is 123 Å². The molecule has 0 atom stereocenters. The summed E-state index contributed by atoms with van der Waals surface area (Å²) in [4.78, 5) is 8.41. The average molecular weight is 288 g/mol. The van der Waals surface area contributed by atoms with Crippen molar-refractivity contribution in [3.63, 3.8) is 0 Å². The second kappa shape index (κ2) is 5.84. The molecule has 2 N–H and O–H groups in total. The molecule has 1 aromatic carbocycles. The van der Waals surface area contributed by atoms with E-state index in [4.69, 9.17) is 5.73 Å². The molecule has 5 heteroatoms. The minimum atomic E-state index is 0. The molecule has 0 amide bonds. The highest BCUT2D eigenvalue weighted by atomic mass is 35.5. The number of hydrogen-bond donors (Lipinski definition) is 1. The van der Waals surface area contributed by atoms with Crippen LogP contribution in [-0.4, -0.2) is 9.97 Å². The molecule has 0 aliphatic rings. The molecule has 20 heavy (non-hydrogen) atoms. The second-order valence-corrected chi connectivity index (χ2v) is 4.52. The fourth-order valence-electron chi connectivity index (χ4n) is 2.18. The predicted octanol–water partition coefficient (Wildman–Crippen LogP) is 2.28. The summed E-state index contributed by atoms with van der Waals surface area (Å²) in [5, 5.41) is 1.21. The molecule has 0 fully saturated rings. The molecule has 0 aliphatic carbocycles. The average Bonchev–Trinajstić information content (AvgIpc) is 2.42. The van der Waals surface area contributed by atoms with Crippen LogP contribution in [0, 0.1) is 6.92 Å². The Bertz CT molecular complexity index is 738. The number of fused-ring (bicyclic) bond motifs is 1. The van der Waals surface area contributed by atoms with Gasteiger partial charge in [-0.3, -0.25) is 0 Å². The summed E-state index contributed by atoms with van der Waals surface area (Å²) in [6, 6.07) is 12.4. The predicted molar refractivity (Wildman–Crippen MR) is 81.7 cm³/mol. The van der Waals surface area contributed by atoms with Crippen LogP contribution < -0.4 is 10.3 Å². The van der Waals surface area contributed by atoms with Crippen molar-refractivity contribution in [1.82, 2.24) is 9.97 Å². The smallest absolute Gasteiger partial charge is 0.212 e. The summed E-state index contributed by atoms with van der Waals surface area (Å²) in [5.74, 6) is 1.25. The van der Waals surface area contributed by atoms with E-state index in [1.54, 1.807) is 6.20 Å². The van der Waals surface area contributed by atoms with Gasteiger partial charge in [-0.25, -0.2) is 9.97 Å². The van der Waals surface area contributed by atoms with E-state index in [0.717, 1.165) is 5.56 Å². The number of nitrogens with two attached hydrogens (primary N) is 1. The van der Waals surface area contributed by atoms with E-state index in [2.05, 4.69) is 32.7 Å². The van der Waals surface area contributed by atoms with Crippen LogP contribution in [-0.2, 0) is 6.54 Å². The normalized spacial score (nSPS) is 10.2. The Morgan fingerprint density at radius 1 is 1.15 bits per heavy atom. The fraction of sp³-hybridized carbons (Fsp3) is 0.133. The molecular formula is C15H16ClN4+. The van der Waals surface area contributed by atoms with E-state index in [1.165, 1.54) is 10.9 Å². The molecule has 2 aromatic heterocycles. The molecule has 0 aliphatic heterocycles. The van der Waals surface area contributed by atoms with Gasteiger partial charge < -0.3 is 5.73 Å². The highest BCUT2D eigenvalue weighted by Crippen LogP contribution is 2.11. The van der Waals surface area contributed by atoms with E-state index in [9.17, 15) is 0 Å². The van der Waals surface area contributed by atoms with Crippen LogP contribution >= 0.6 is 12.4 Å². The lowest BCUT2D eigenvalue weighted by molar-refractivity contribution is -0.662. The van der Waals surface area contributed by atoms with Crippen molar-refractivity contribution in [2.75, 3.05) is 5.73 Å². The van der Waals surface area contributed by atoms with E-state index in [1.807, 2.05) is 31.3 Å². The Morgan fingerprint density at radius 2 is 1.90 bits per heavy atom. The SMILES string of the molecule is Cc1ncc(C[n+]2cccc3ccccc32)c(N)n1.Cl. The highest BCUT2D eigenvalue weighted by molar-refractivity contribution is 5.85. The van der Waals surface area contributed by atoms with Gasteiger partial charge in [0.25, 0.3) is 0 Å². The van der Waals surface area contributed by atoms with Crippen molar-refractivity contribution in [3.8, 4) is 0 Å². The first kappa shape index (κ1) is 14.2. The van der Waals surface area contributed by atoms with Crippen LogP contribution in [0.4, 0.5) is 5.82 Å². The Morgan fingerprint density at radius 3 is 2.70 bits per heavy atom. The molecule has 102 valence electrons. The largest absolute Gasteiger partial charge is 0.383 e. The van der Waals surface area contributed by atoms with Crippen molar-refractivity contribution in [2.24, 2.45) is 0 Å². The zero-order valence-corrected chi connectivity index (χ0v) is 12.0. The van der Waals surface area contributed by atoms with Crippen LogP contribution in [0.25, 0.3) is 10.9 Å². The molecule has 4 nitrogen and oxygen atoms in total. The molecular weight excluding hydrogens is 272 g/mol. The van der Waals surface area contributed by atoms with Crippen molar-refractivity contribution >= 4 is 29.1 Å². The maximum Gasteiger partial charge on any atom is 0.212 e. The number of aryl methyl sites for hydroxylation is 1. The summed E-state index contributed by atoms with van der Waals surface area (Å²) in [5.41, 5.74) is 8.06. The quantitative estimate of drug-likeness (QED) is 0.736.